The fourth-order valence-electron chi connectivity index (χ4n) is 2.77. The third kappa shape index (κ3) is 4.59. The van der Waals surface area contributed by atoms with Crippen LogP contribution < -0.4 is 15.4 Å². The highest BCUT2D eigenvalue weighted by Crippen LogP contribution is 2.26. The zero-order valence-electron chi connectivity index (χ0n) is 14.6. The summed E-state index contributed by atoms with van der Waals surface area (Å²) < 4.78 is 19.2. The van der Waals surface area contributed by atoms with Crippen molar-refractivity contribution in [1.82, 2.24) is 0 Å². The van der Waals surface area contributed by atoms with Gasteiger partial charge in [0.25, 0.3) is 0 Å². The summed E-state index contributed by atoms with van der Waals surface area (Å²) in [4.78, 5) is 23.3. The van der Waals surface area contributed by atoms with Crippen LogP contribution in [-0.2, 0) is 16.0 Å². The van der Waals surface area contributed by atoms with Gasteiger partial charge >= 0.3 is 0 Å². The molecule has 0 spiro atoms. The zero-order valence-corrected chi connectivity index (χ0v) is 14.6. The maximum absolute atomic E-state index is 13.5. The number of benzene rings is 2. The van der Waals surface area contributed by atoms with E-state index < -0.39 is 0 Å². The minimum atomic E-state index is -0.338. The number of amides is 2. The first-order valence-electron chi connectivity index (χ1n) is 8.63. The lowest BCUT2D eigenvalue weighted by atomic mass is 10.0. The fourth-order valence-corrected chi connectivity index (χ4v) is 2.77. The van der Waals surface area contributed by atoms with Crippen LogP contribution in [0.15, 0.2) is 36.4 Å². The molecule has 0 bridgehead atoms. The van der Waals surface area contributed by atoms with E-state index in [0.717, 1.165) is 17.0 Å². The van der Waals surface area contributed by atoms with Crippen LogP contribution >= 0.6 is 0 Å². The molecule has 2 amide bonds. The second kappa shape index (κ2) is 7.99. The summed E-state index contributed by atoms with van der Waals surface area (Å²) in [5.74, 6) is 0.242. The van der Waals surface area contributed by atoms with E-state index in [1.165, 1.54) is 6.07 Å². The molecule has 0 radical (unpaired) electrons. The minimum absolute atomic E-state index is 0.0330. The molecule has 1 aliphatic heterocycles. The molecule has 0 aromatic heterocycles. The lowest BCUT2D eigenvalue weighted by molar-refractivity contribution is -0.117. The maximum Gasteiger partial charge on any atom is 0.224 e. The number of aryl methyl sites for hydroxylation is 2. The fraction of sp³-hybridized carbons (Fsp3) is 0.300. The normalized spacial score (nSPS) is 12.9. The molecule has 6 heteroatoms. The smallest absolute Gasteiger partial charge is 0.224 e. The molecule has 1 aliphatic rings. The van der Waals surface area contributed by atoms with Gasteiger partial charge in [0.1, 0.15) is 11.6 Å². The summed E-state index contributed by atoms with van der Waals surface area (Å²) in [6.07, 6.45) is 2.02. The van der Waals surface area contributed by atoms with E-state index in [1.807, 2.05) is 12.1 Å². The molecule has 0 fully saturated rings. The predicted octanol–water partition coefficient (Wildman–Crippen LogP) is 3.82. The number of anilines is 2. The number of hydrogen-bond donors (Lipinski definition) is 2. The molecule has 0 aliphatic carbocycles. The first kappa shape index (κ1) is 17.9. The molecule has 3 rings (SSSR count). The lowest BCUT2D eigenvalue weighted by Crippen LogP contribution is -2.18. The first-order chi connectivity index (χ1) is 12.5. The van der Waals surface area contributed by atoms with Crippen molar-refractivity contribution in [3.8, 4) is 5.75 Å². The monoisotopic (exact) mass is 356 g/mol. The largest absolute Gasteiger partial charge is 0.494 e. The Hall–Kier alpha value is -2.89. The van der Waals surface area contributed by atoms with Crippen molar-refractivity contribution in [2.24, 2.45) is 0 Å². The van der Waals surface area contributed by atoms with Gasteiger partial charge in [-0.2, -0.15) is 0 Å². The van der Waals surface area contributed by atoms with Crippen LogP contribution in [-0.4, -0.2) is 18.4 Å². The van der Waals surface area contributed by atoms with Gasteiger partial charge in [0.2, 0.25) is 11.8 Å². The Balaban J connectivity index is 1.43. The van der Waals surface area contributed by atoms with Gasteiger partial charge in [-0.3, -0.25) is 9.59 Å². The van der Waals surface area contributed by atoms with Gasteiger partial charge < -0.3 is 15.4 Å². The molecule has 2 N–H and O–H groups in total. The van der Waals surface area contributed by atoms with Crippen molar-refractivity contribution < 1.29 is 18.7 Å². The molecule has 136 valence electrons. The quantitative estimate of drug-likeness (QED) is 0.773. The summed E-state index contributed by atoms with van der Waals surface area (Å²) in [6, 6.07) is 10.2. The Kier molecular flexibility index (Phi) is 5.51. The highest BCUT2D eigenvalue weighted by atomic mass is 19.1. The number of carbonyl (C=O) groups is 2. The van der Waals surface area contributed by atoms with Crippen LogP contribution in [0.2, 0.25) is 0 Å². The van der Waals surface area contributed by atoms with E-state index in [4.69, 9.17) is 4.74 Å². The maximum atomic E-state index is 13.5. The molecule has 0 atom stereocenters. The van der Waals surface area contributed by atoms with E-state index in [-0.39, 0.29) is 24.1 Å². The summed E-state index contributed by atoms with van der Waals surface area (Å²) in [7, 11) is 0. The van der Waals surface area contributed by atoms with Crippen molar-refractivity contribution in [3.63, 3.8) is 0 Å². The number of hydrogen-bond acceptors (Lipinski definition) is 3. The number of halogens is 1. The number of carbonyl (C=O) groups excluding carboxylic acids is 2. The third-order valence-electron chi connectivity index (χ3n) is 4.24. The zero-order chi connectivity index (χ0) is 18.5. The molecular weight excluding hydrogens is 335 g/mol. The molecule has 0 saturated heterocycles. The van der Waals surface area contributed by atoms with Crippen molar-refractivity contribution in [3.05, 3.63) is 53.3 Å². The Morgan fingerprint density at radius 3 is 2.88 bits per heavy atom. The molecule has 2 aromatic carbocycles. The molecule has 26 heavy (non-hydrogen) atoms. The highest BCUT2D eigenvalue weighted by Gasteiger charge is 2.15. The molecule has 1 heterocycles. The second-order valence-corrected chi connectivity index (χ2v) is 6.33. The van der Waals surface area contributed by atoms with Crippen LogP contribution in [0, 0.1) is 12.7 Å². The Labute approximate surface area is 151 Å². The van der Waals surface area contributed by atoms with E-state index in [1.54, 1.807) is 25.1 Å². The predicted molar refractivity (Wildman–Crippen MR) is 97.9 cm³/mol. The van der Waals surface area contributed by atoms with Crippen molar-refractivity contribution >= 4 is 23.2 Å². The van der Waals surface area contributed by atoms with Gasteiger partial charge in [-0.05, 0) is 61.2 Å². The highest BCUT2D eigenvalue weighted by molar-refractivity contribution is 5.94. The topological polar surface area (TPSA) is 67.4 Å². The molecule has 2 aromatic rings. The Morgan fingerprint density at radius 2 is 2.08 bits per heavy atom. The summed E-state index contributed by atoms with van der Waals surface area (Å²) >= 11 is 0. The Bertz CT molecular complexity index is 836. The van der Waals surface area contributed by atoms with E-state index in [9.17, 15) is 14.0 Å². The van der Waals surface area contributed by atoms with Crippen LogP contribution in [0.3, 0.4) is 0 Å². The van der Waals surface area contributed by atoms with Crippen LogP contribution in [0.4, 0.5) is 15.8 Å². The summed E-state index contributed by atoms with van der Waals surface area (Å²) in [5.41, 5.74) is 2.89. The number of nitrogens with one attached hydrogen (secondary N) is 2. The lowest BCUT2D eigenvalue weighted by Gasteiger charge is -2.17. The van der Waals surface area contributed by atoms with Gasteiger partial charge in [-0.25, -0.2) is 4.39 Å². The van der Waals surface area contributed by atoms with Crippen molar-refractivity contribution in [2.75, 3.05) is 17.2 Å². The average molecular weight is 356 g/mol. The molecule has 0 saturated carbocycles. The van der Waals surface area contributed by atoms with Gasteiger partial charge in [-0.1, -0.05) is 6.07 Å². The standard InChI is InChI=1S/C20H21FN2O3/c1-13-4-6-15(12-17(13)21)22-19(24)3-2-10-26-16-7-8-18-14(11-16)5-9-20(25)23-18/h4,6-8,11-12H,2-3,5,9-10H2,1H3,(H,22,24)(H,23,25). The summed E-state index contributed by atoms with van der Waals surface area (Å²) in [5, 5.41) is 5.50. The van der Waals surface area contributed by atoms with E-state index in [0.29, 0.717) is 37.1 Å². The van der Waals surface area contributed by atoms with Gasteiger partial charge in [0.15, 0.2) is 0 Å². The van der Waals surface area contributed by atoms with Crippen LogP contribution in [0.1, 0.15) is 30.4 Å². The second-order valence-electron chi connectivity index (χ2n) is 6.33. The molecule has 5 nitrogen and oxygen atoms in total. The van der Waals surface area contributed by atoms with Crippen LogP contribution in [0.25, 0.3) is 0 Å². The van der Waals surface area contributed by atoms with Crippen molar-refractivity contribution in [1.29, 1.82) is 0 Å². The number of fused-ring (bicyclic) bond motifs is 1. The SMILES string of the molecule is Cc1ccc(NC(=O)CCCOc2ccc3c(c2)CCC(=O)N3)cc1F. The third-order valence-corrected chi connectivity index (χ3v) is 4.24. The van der Waals surface area contributed by atoms with E-state index in [2.05, 4.69) is 10.6 Å². The van der Waals surface area contributed by atoms with Gasteiger partial charge in [0, 0.05) is 24.2 Å². The van der Waals surface area contributed by atoms with Gasteiger partial charge in [-0.15, -0.1) is 0 Å². The number of rotatable bonds is 6. The number of ether oxygens (including phenoxy) is 1. The van der Waals surface area contributed by atoms with Crippen LogP contribution in [0.5, 0.6) is 5.75 Å². The van der Waals surface area contributed by atoms with Gasteiger partial charge in [0.05, 0.1) is 6.61 Å². The average Bonchev–Trinajstić information content (AvgIpc) is 2.62. The van der Waals surface area contributed by atoms with E-state index >= 15 is 0 Å². The summed E-state index contributed by atoms with van der Waals surface area (Å²) in [6.45, 7) is 2.08. The first-order valence-corrected chi connectivity index (χ1v) is 8.63. The Morgan fingerprint density at radius 1 is 1.23 bits per heavy atom. The molecular formula is C20H21FN2O3. The van der Waals surface area contributed by atoms with Crippen molar-refractivity contribution in [2.45, 2.75) is 32.6 Å². The minimum Gasteiger partial charge on any atom is -0.494 e. The molecule has 0 unspecified atom stereocenters.